The molecule has 0 saturated heterocycles. The summed E-state index contributed by atoms with van der Waals surface area (Å²) in [5, 5.41) is 2.33. The van der Waals surface area contributed by atoms with E-state index in [1.165, 1.54) is 18.4 Å². The molecule has 2 aliphatic heterocycles. The van der Waals surface area contributed by atoms with Crippen molar-refractivity contribution in [1.29, 1.82) is 0 Å². The summed E-state index contributed by atoms with van der Waals surface area (Å²) < 4.78 is 12.5. The molecule has 1 saturated carbocycles. The zero-order valence-corrected chi connectivity index (χ0v) is 14.8. The van der Waals surface area contributed by atoms with Gasteiger partial charge in [0.05, 0.1) is 11.7 Å². The van der Waals surface area contributed by atoms with E-state index < -0.39 is 0 Å². The molecule has 3 aliphatic rings. The van der Waals surface area contributed by atoms with Gasteiger partial charge in [0.1, 0.15) is 11.5 Å². The maximum absolute atomic E-state index is 6.61. The Bertz CT molecular complexity index is 830. The number of hydrazine groups is 1. The fourth-order valence-corrected chi connectivity index (χ4v) is 4.40. The average molecular weight is 336 g/mol. The summed E-state index contributed by atoms with van der Waals surface area (Å²) in [5.74, 6) is 3.62. The Hall–Kier alpha value is -2.20. The number of ether oxygens (including phenoxy) is 1. The second-order valence-electron chi connectivity index (χ2n) is 7.69. The van der Waals surface area contributed by atoms with Crippen molar-refractivity contribution in [2.24, 2.45) is 5.92 Å². The fourth-order valence-electron chi connectivity index (χ4n) is 4.40. The van der Waals surface area contributed by atoms with Gasteiger partial charge in [0, 0.05) is 18.4 Å². The minimum atomic E-state index is -0.272. The molecule has 130 valence electrons. The van der Waals surface area contributed by atoms with Crippen LogP contribution in [0.4, 0.5) is 0 Å². The fraction of sp³-hybridized carbons (Fsp3) is 0.429. The topological polar surface area (TPSA) is 37.6 Å². The average Bonchev–Trinajstić information content (AvgIpc) is 3.25. The number of hydrogen-bond acceptors (Lipinski definition) is 4. The highest BCUT2D eigenvalue weighted by atomic mass is 16.5. The van der Waals surface area contributed by atoms with Gasteiger partial charge < -0.3 is 14.6 Å². The first-order valence-electron chi connectivity index (χ1n) is 9.27. The molecule has 1 atom stereocenters. The van der Waals surface area contributed by atoms with Crippen molar-refractivity contribution in [3.63, 3.8) is 0 Å². The number of hydrogen-bond donors (Lipinski definition) is 1. The van der Waals surface area contributed by atoms with E-state index in [0.717, 1.165) is 41.7 Å². The summed E-state index contributed by atoms with van der Waals surface area (Å²) in [6.45, 7) is 4.32. The van der Waals surface area contributed by atoms with Crippen molar-refractivity contribution in [3.8, 4) is 5.75 Å². The summed E-state index contributed by atoms with van der Waals surface area (Å²) in [6, 6.07) is 12.7. The van der Waals surface area contributed by atoms with Crippen LogP contribution in [-0.2, 0) is 0 Å². The third-order valence-electron chi connectivity index (χ3n) is 5.88. The van der Waals surface area contributed by atoms with Gasteiger partial charge in [-0.2, -0.15) is 5.01 Å². The maximum Gasteiger partial charge on any atom is 0.180 e. The molecule has 0 radical (unpaired) electrons. The van der Waals surface area contributed by atoms with Crippen LogP contribution in [-0.4, -0.2) is 10.7 Å². The number of fused-ring (bicyclic) bond motifs is 4. The number of benzene rings is 1. The van der Waals surface area contributed by atoms with E-state index in [1.807, 2.05) is 19.1 Å². The summed E-state index contributed by atoms with van der Waals surface area (Å²) in [4.78, 5) is 0. The van der Waals surface area contributed by atoms with E-state index in [1.54, 1.807) is 0 Å². The Morgan fingerprint density at radius 1 is 1.12 bits per heavy atom. The van der Waals surface area contributed by atoms with Crippen LogP contribution in [0.3, 0.4) is 0 Å². The number of rotatable bonds is 1. The van der Waals surface area contributed by atoms with Crippen LogP contribution in [0.5, 0.6) is 5.75 Å². The quantitative estimate of drug-likeness (QED) is 0.812. The third kappa shape index (κ3) is 2.31. The van der Waals surface area contributed by atoms with Crippen LogP contribution in [0.25, 0.3) is 5.70 Å². The zero-order valence-electron chi connectivity index (χ0n) is 14.8. The van der Waals surface area contributed by atoms with Gasteiger partial charge in [0.2, 0.25) is 0 Å². The van der Waals surface area contributed by atoms with E-state index in [2.05, 4.69) is 47.7 Å². The Balaban J connectivity index is 1.57. The third-order valence-corrected chi connectivity index (χ3v) is 5.88. The lowest BCUT2D eigenvalue weighted by molar-refractivity contribution is -0.155. The van der Waals surface area contributed by atoms with Crippen molar-refractivity contribution in [2.45, 2.75) is 51.3 Å². The molecule has 1 fully saturated rings. The molecule has 1 aliphatic carbocycles. The Kier molecular flexibility index (Phi) is 3.26. The highest BCUT2D eigenvalue weighted by Crippen LogP contribution is 2.50. The summed E-state index contributed by atoms with van der Waals surface area (Å²) in [7, 11) is 0. The monoisotopic (exact) mass is 336 g/mol. The first kappa shape index (κ1) is 15.1. The van der Waals surface area contributed by atoms with Crippen LogP contribution in [0.15, 0.2) is 46.9 Å². The number of aryl methyl sites for hydroxylation is 1. The Labute approximate surface area is 148 Å². The lowest BCUT2D eigenvalue weighted by Crippen LogP contribution is -2.60. The van der Waals surface area contributed by atoms with Crippen molar-refractivity contribution < 1.29 is 9.15 Å². The van der Waals surface area contributed by atoms with Crippen molar-refractivity contribution in [3.05, 3.63) is 59.6 Å². The summed E-state index contributed by atoms with van der Waals surface area (Å²) in [5.41, 5.74) is 5.60. The molecule has 0 unspecified atom stereocenters. The highest BCUT2D eigenvalue weighted by Gasteiger charge is 2.51. The molecule has 2 aromatic rings. The van der Waals surface area contributed by atoms with Crippen molar-refractivity contribution in [2.75, 3.05) is 0 Å². The number of furan rings is 1. The van der Waals surface area contributed by atoms with Gasteiger partial charge in [-0.25, -0.2) is 0 Å². The lowest BCUT2D eigenvalue weighted by atomic mass is 9.82. The molecule has 0 amide bonds. The first-order valence-corrected chi connectivity index (χ1v) is 9.27. The Morgan fingerprint density at radius 3 is 2.68 bits per heavy atom. The Morgan fingerprint density at radius 2 is 1.92 bits per heavy atom. The maximum atomic E-state index is 6.61. The van der Waals surface area contributed by atoms with Gasteiger partial charge in [-0.1, -0.05) is 25.1 Å². The van der Waals surface area contributed by atoms with Gasteiger partial charge in [-0.3, -0.25) is 0 Å². The highest BCUT2D eigenvalue weighted by molar-refractivity contribution is 5.64. The zero-order chi connectivity index (χ0) is 17.0. The second-order valence-corrected chi connectivity index (χ2v) is 7.69. The van der Waals surface area contributed by atoms with Gasteiger partial charge in [-0.05, 0) is 50.0 Å². The van der Waals surface area contributed by atoms with Crippen LogP contribution in [0, 0.1) is 12.8 Å². The molecule has 1 aromatic carbocycles. The number of nitrogens with zero attached hydrogens (tertiary/aromatic N) is 1. The minimum absolute atomic E-state index is 0.179. The van der Waals surface area contributed by atoms with E-state index in [4.69, 9.17) is 9.15 Å². The van der Waals surface area contributed by atoms with E-state index in [9.17, 15) is 0 Å². The van der Waals surface area contributed by atoms with Crippen LogP contribution in [0.1, 0.15) is 55.7 Å². The van der Waals surface area contributed by atoms with Crippen molar-refractivity contribution >= 4 is 5.70 Å². The molecule has 1 aromatic heterocycles. The molecule has 5 rings (SSSR count). The minimum Gasteiger partial charge on any atom is -0.471 e. The first-order chi connectivity index (χ1) is 12.1. The summed E-state index contributed by atoms with van der Waals surface area (Å²) >= 11 is 0. The van der Waals surface area contributed by atoms with Gasteiger partial charge in [-0.15, -0.1) is 0 Å². The molecule has 4 nitrogen and oxygen atoms in total. The van der Waals surface area contributed by atoms with Crippen molar-refractivity contribution in [1.82, 2.24) is 10.4 Å². The molecule has 4 heteroatoms. The van der Waals surface area contributed by atoms with Crippen LogP contribution < -0.4 is 10.2 Å². The molecular formula is C21H24N2O2. The molecule has 0 bridgehead atoms. The predicted molar refractivity (Wildman–Crippen MR) is 96.6 cm³/mol. The normalized spacial score (nSPS) is 31.0. The van der Waals surface area contributed by atoms with Gasteiger partial charge >= 0.3 is 0 Å². The van der Waals surface area contributed by atoms with Gasteiger partial charge in [0.15, 0.2) is 11.5 Å². The van der Waals surface area contributed by atoms with Crippen LogP contribution >= 0.6 is 0 Å². The number of para-hydroxylation sites is 1. The van der Waals surface area contributed by atoms with Crippen LogP contribution in [0.2, 0.25) is 0 Å². The van der Waals surface area contributed by atoms with E-state index in [0.29, 0.717) is 0 Å². The SMILES string of the molecule is Cc1ccc(C2=C[C@H]3c4ccccc4OC4(CCC(C)CC4)N3N2)o1. The lowest BCUT2D eigenvalue weighted by Gasteiger charge is -2.51. The molecule has 3 heterocycles. The molecule has 1 spiro atoms. The molecule has 1 N–H and O–H groups in total. The largest absolute Gasteiger partial charge is 0.471 e. The predicted octanol–water partition coefficient (Wildman–Crippen LogP) is 4.79. The molecule has 25 heavy (non-hydrogen) atoms. The standard InChI is InChI=1S/C21H24N2O2/c1-14-9-11-21(12-10-14)23-18(16-5-3-4-6-19(16)25-21)13-17(22-23)20-8-7-15(2)24-20/h3-8,13-14,18,22H,9-12H2,1-2H3/t14?,18-,21?/m0/s1. The van der Waals surface area contributed by atoms with Gasteiger partial charge in [0.25, 0.3) is 0 Å². The second kappa shape index (κ2) is 5.40. The van der Waals surface area contributed by atoms with E-state index >= 15 is 0 Å². The summed E-state index contributed by atoms with van der Waals surface area (Å²) in [6.07, 6.45) is 6.76. The van der Waals surface area contributed by atoms with E-state index in [-0.39, 0.29) is 11.8 Å². The smallest absolute Gasteiger partial charge is 0.180 e. The molecular weight excluding hydrogens is 312 g/mol. The number of nitrogens with one attached hydrogen (secondary N) is 1.